The molecule has 0 aliphatic carbocycles. The van der Waals surface area contributed by atoms with Gasteiger partial charge in [0.05, 0.1) is 6.26 Å². The highest BCUT2D eigenvalue weighted by atomic mass is 16.3. The molecule has 3 N–H and O–H groups in total. The number of carbonyl (C=O) groups excluding carboxylic acids is 1. The Hall–Kier alpha value is -2.76. The number of carbonyl (C=O) groups is 1. The second kappa shape index (κ2) is 11.1. The number of furan rings is 1. The molecular weight excluding hydrogens is 340 g/mol. The summed E-state index contributed by atoms with van der Waals surface area (Å²) in [6.07, 6.45) is 3.31. The van der Waals surface area contributed by atoms with Crippen LogP contribution in [-0.4, -0.2) is 38.5 Å². The van der Waals surface area contributed by atoms with Gasteiger partial charge in [0.1, 0.15) is 5.76 Å². The van der Waals surface area contributed by atoms with E-state index in [0.717, 1.165) is 49.8 Å². The molecule has 2 rings (SSSR count). The molecule has 0 spiro atoms. The summed E-state index contributed by atoms with van der Waals surface area (Å²) in [6.45, 7) is 6.55. The molecular formula is C21H30N4O2. The molecule has 0 unspecified atom stereocenters. The van der Waals surface area contributed by atoms with Crippen molar-refractivity contribution in [1.29, 1.82) is 0 Å². The topological polar surface area (TPSA) is 78.7 Å². The summed E-state index contributed by atoms with van der Waals surface area (Å²) >= 11 is 0. The zero-order valence-corrected chi connectivity index (χ0v) is 16.4. The van der Waals surface area contributed by atoms with E-state index in [1.807, 2.05) is 36.4 Å². The van der Waals surface area contributed by atoms with Gasteiger partial charge < -0.3 is 20.4 Å². The Labute approximate surface area is 161 Å². The number of amides is 1. The molecule has 0 fully saturated rings. The summed E-state index contributed by atoms with van der Waals surface area (Å²) in [5.74, 6) is 2.19. The van der Waals surface area contributed by atoms with Crippen molar-refractivity contribution in [2.75, 3.05) is 26.7 Å². The van der Waals surface area contributed by atoms with Crippen molar-refractivity contribution in [2.24, 2.45) is 10.9 Å². The predicted octanol–water partition coefficient (Wildman–Crippen LogP) is 2.62. The van der Waals surface area contributed by atoms with Crippen LogP contribution in [0.3, 0.4) is 0 Å². The third kappa shape index (κ3) is 7.56. The zero-order chi connectivity index (χ0) is 19.5. The van der Waals surface area contributed by atoms with E-state index in [4.69, 9.17) is 4.42 Å². The lowest BCUT2D eigenvalue weighted by Crippen LogP contribution is -2.39. The van der Waals surface area contributed by atoms with E-state index in [1.54, 1.807) is 13.3 Å². The first-order chi connectivity index (χ1) is 13.1. The third-order valence-corrected chi connectivity index (χ3v) is 3.98. The Kier molecular flexibility index (Phi) is 8.42. The van der Waals surface area contributed by atoms with E-state index in [0.29, 0.717) is 11.5 Å². The maximum absolute atomic E-state index is 11.7. The van der Waals surface area contributed by atoms with Crippen molar-refractivity contribution in [2.45, 2.75) is 26.7 Å². The van der Waals surface area contributed by atoms with E-state index in [1.165, 1.54) is 0 Å². The minimum absolute atomic E-state index is 0.0661. The van der Waals surface area contributed by atoms with Crippen molar-refractivity contribution in [3.05, 3.63) is 59.5 Å². The smallest absolute Gasteiger partial charge is 0.251 e. The number of nitrogens with zero attached hydrogens (tertiary/aromatic N) is 1. The van der Waals surface area contributed by atoms with Gasteiger partial charge in [-0.1, -0.05) is 26.0 Å². The Balaban J connectivity index is 1.85. The van der Waals surface area contributed by atoms with Gasteiger partial charge in [0.25, 0.3) is 5.91 Å². The van der Waals surface area contributed by atoms with Crippen LogP contribution in [-0.2, 0) is 12.8 Å². The lowest BCUT2D eigenvalue weighted by molar-refractivity contribution is 0.0963. The number of guanidine groups is 1. The molecule has 1 aromatic heterocycles. The summed E-state index contributed by atoms with van der Waals surface area (Å²) in [5, 5.41) is 9.38. The Morgan fingerprint density at radius 1 is 1.11 bits per heavy atom. The number of aliphatic imine (C=N–C) groups is 1. The Morgan fingerprint density at radius 3 is 2.56 bits per heavy atom. The Bertz CT molecular complexity index is 724. The summed E-state index contributed by atoms with van der Waals surface area (Å²) in [5.41, 5.74) is 1.79. The van der Waals surface area contributed by atoms with Gasteiger partial charge in [-0.05, 0) is 42.2 Å². The molecule has 0 aliphatic heterocycles. The number of nitrogens with one attached hydrogen (secondary N) is 3. The van der Waals surface area contributed by atoms with Gasteiger partial charge in [-0.25, -0.2) is 0 Å². The summed E-state index contributed by atoms with van der Waals surface area (Å²) in [4.78, 5) is 16.4. The van der Waals surface area contributed by atoms with Crippen LogP contribution in [0, 0.1) is 5.92 Å². The van der Waals surface area contributed by atoms with Gasteiger partial charge in [0, 0.05) is 38.7 Å². The number of hydrogen-bond acceptors (Lipinski definition) is 3. The van der Waals surface area contributed by atoms with Crippen LogP contribution < -0.4 is 16.0 Å². The van der Waals surface area contributed by atoms with Crippen LogP contribution in [0.2, 0.25) is 0 Å². The average Bonchev–Trinajstić information content (AvgIpc) is 3.18. The molecule has 0 atom stereocenters. The molecule has 6 heteroatoms. The molecule has 0 saturated heterocycles. The van der Waals surface area contributed by atoms with Crippen LogP contribution in [0.25, 0.3) is 0 Å². The zero-order valence-electron chi connectivity index (χ0n) is 16.4. The summed E-state index contributed by atoms with van der Waals surface area (Å²) < 4.78 is 5.36. The predicted molar refractivity (Wildman–Crippen MR) is 109 cm³/mol. The van der Waals surface area contributed by atoms with E-state index < -0.39 is 0 Å². The maximum Gasteiger partial charge on any atom is 0.251 e. The Morgan fingerprint density at radius 2 is 1.89 bits per heavy atom. The van der Waals surface area contributed by atoms with Crippen LogP contribution in [0.15, 0.2) is 52.1 Å². The lowest BCUT2D eigenvalue weighted by atomic mass is 10.1. The van der Waals surface area contributed by atoms with Crippen molar-refractivity contribution >= 4 is 11.9 Å². The van der Waals surface area contributed by atoms with Crippen LogP contribution in [0.4, 0.5) is 0 Å². The van der Waals surface area contributed by atoms with Crippen LogP contribution >= 0.6 is 0 Å². The second-order valence-corrected chi connectivity index (χ2v) is 6.80. The monoisotopic (exact) mass is 370 g/mol. The lowest BCUT2D eigenvalue weighted by Gasteiger charge is -2.13. The van der Waals surface area contributed by atoms with Crippen molar-refractivity contribution in [1.82, 2.24) is 16.0 Å². The molecule has 0 aliphatic rings. The highest BCUT2D eigenvalue weighted by Crippen LogP contribution is 2.06. The number of rotatable bonds is 9. The highest BCUT2D eigenvalue weighted by Gasteiger charge is 2.05. The molecule has 1 amide bonds. The minimum atomic E-state index is -0.0661. The first-order valence-corrected chi connectivity index (χ1v) is 9.44. The van der Waals surface area contributed by atoms with Gasteiger partial charge >= 0.3 is 0 Å². The first-order valence-electron chi connectivity index (χ1n) is 9.44. The van der Waals surface area contributed by atoms with Gasteiger partial charge in [-0.15, -0.1) is 0 Å². The van der Waals surface area contributed by atoms with E-state index in [-0.39, 0.29) is 5.91 Å². The maximum atomic E-state index is 11.7. The van der Waals surface area contributed by atoms with Crippen LogP contribution in [0.5, 0.6) is 0 Å². The quantitative estimate of drug-likeness (QED) is 0.468. The largest absolute Gasteiger partial charge is 0.469 e. The van der Waals surface area contributed by atoms with E-state index in [2.05, 4.69) is 34.8 Å². The summed E-state index contributed by atoms with van der Waals surface area (Å²) in [6, 6.07) is 11.6. The molecule has 1 aromatic carbocycles. The third-order valence-electron chi connectivity index (χ3n) is 3.98. The first kappa shape index (κ1) is 20.6. The van der Waals surface area contributed by atoms with Gasteiger partial charge in [0.2, 0.25) is 0 Å². The molecule has 27 heavy (non-hydrogen) atoms. The molecule has 146 valence electrons. The molecule has 0 radical (unpaired) electrons. The summed E-state index contributed by atoms with van der Waals surface area (Å²) in [7, 11) is 1.64. The fourth-order valence-electron chi connectivity index (χ4n) is 2.54. The highest BCUT2D eigenvalue weighted by molar-refractivity contribution is 5.94. The number of benzene rings is 1. The van der Waals surface area contributed by atoms with Crippen molar-refractivity contribution < 1.29 is 9.21 Å². The molecule has 1 heterocycles. The van der Waals surface area contributed by atoms with Gasteiger partial charge in [0.15, 0.2) is 5.96 Å². The molecule has 0 bridgehead atoms. The number of hydrogen-bond donors (Lipinski definition) is 3. The van der Waals surface area contributed by atoms with Crippen LogP contribution in [0.1, 0.15) is 35.5 Å². The van der Waals surface area contributed by atoms with Crippen molar-refractivity contribution in [3.8, 4) is 0 Å². The van der Waals surface area contributed by atoms with E-state index in [9.17, 15) is 4.79 Å². The molecule has 6 nitrogen and oxygen atoms in total. The van der Waals surface area contributed by atoms with Gasteiger partial charge in [-0.3, -0.25) is 9.79 Å². The second-order valence-electron chi connectivity index (χ2n) is 6.80. The average molecular weight is 370 g/mol. The fourth-order valence-corrected chi connectivity index (χ4v) is 2.54. The normalized spacial score (nSPS) is 11.5. The molecule has 0 saturated carbocycles. The van der Waals surface area contributed by atoms with Gasteiger partial charge in [-0.2, -0.15) is 0 Å². The molecule has 2 aromatic rings. The SMILES string of the molecule is CNC(=O)c1cccc(CCNC(=NCC(C)C)NCCc2ccco2)c1. The fraction of sp³-hybridized carbons (Fsp3) is 0.429. The minimum Gasteiger partial charge on any atom is -0.469 e. The standard InChI is InChI=1S/C21H30N4O2/c1-16(2)15-25-21(24-12-10-19-8-5-13-27-19)23-11-9-17-6-4-7-18(14-17)20(26)22-3/h4-8,13-14,16H,9-12,15H2,1-3H3,(H,22,26)(H2,23,24,25). The van der Waals surface area contributed by atoms with Crippen molar-refractivity contribution in [3.63, 3.8) is 0 Å². The van der Waals surface area contributed by atoms with E-state index >= 15 is 0 Å².